The highest BCUT2D eigenvalue weighted by atomic mass is 32.2. The van der Waals surface area contributed by atoms with Gasteiger partial charge in [0, 0.05) is 25.6 Å². The quantitative estimate of drug-likeness (QED) is 0.719. The number of unbranched alkanes of at least 4 members (excludes halogenated alkanes) is 3. The van der Waals surface area contributed by atoms with Crippen LogP contribution in [-0.2, 0) is 14.8 Å². The lowest BCUT2D eigenvalue weighted by atomic mass is 9.97. The normalized spacial score (nSPS) is 16.7. The molecular weight excluding hydrogens is 336 g/mol. The van der Waals surface area contributed by atoms with Crippen LogP contribution in [0.1, 0.15) is 51.0 Å². The maximum atomic E-state index is 12.7. The number of hydrogen-bond donors (Lipinski definition) is 1. The Morgan fingerprint density at radius 2 is 1.76 bits per heavy atom. The number of nitrogens with zero attached hydrogens (tertiary/aromatic N) is 1. The molecule has 5 nitrogen and oxygen atoms in total. The lowest BCUT2D eigenvalue weighted by Gasteiger charge is -2.30. The Kier molecular flexibility index (Phi) is 7.44. The van der Waals surface area contributed by atoms with E-state index in [9.17, 15) is 13.2 Å². The standard InChI is InChI=1S/C19H30N2O3S/c1-3-4-5-6-13-20-19(22)17-11-14-21(15-12-17)25(23,24)18-9-7-16(2)8-10-18/h7-10,17H,3-6,11-15H2,1-2H3,(H,20,22). The predicted octanol–water partition coefficient (Wildman–Crippen LogP) is 3.09. The summed E-state index contributed by atoms with van der Waals surface area (Å²) < 4.78 is 26.8. The summed E-state index contributed by atoms with van der Waals surface area (Å²) in [7, 11) is -3.45. The van der Waals surface area contributed by atoms with Gasteiger partial charge in [0.2, 0.25) is 15.9 Å². The first kappa shape index (κ1) is 19.9. The van der Waals surface area contributed by atoms with Gasteiger partial charge in [-0.2, -0.15) is 4.31 Å². The Balaban J connectivity index is 1.82. The molecule has 1 fully saturated rings. The molecule has 1 N–H and O–H groups in total. The van der Waals surface area contributed by atoms with Crippen molar-refractivity contribution in [3.05, 3.63) is 29.8 Å². The summed E-state index contributed by atoms with van der Waals surface area (Å²) in [5.74, 6) is -0.000440. The largest absolute Gasteiger partial charge is 0.356 e. The van der Waals surface area contributed by atoms with Crippen molar-refractivity contribution in [2.75, 3.05) is 19.6 Å². The van der Waals surface area contributed by atoms with E-state index in [0.29, 0.717) is 30.8 Å². The molecule has 1 aromatic rings. The van der Waals surface area contributed by atoms with Crippen molar-refractivity contribution in [3.8, 4) is 0 Å². The number of hydrogen-bond acceptors (Lipinski definition) is 3. The third-order valence-corrected chi connectivity index (χ3v) is 6.73. The van der Waals surface area contributed by atoms with E-state index in [2.05, 4.69) is 12.2 Å². The molecule has 0 spiro atoms. The first-order valence-corrected chi connectivity index (χ1v) is 10.7. The molecule has 6 heteroatoms. The number of sulfonamides is 1. The summed E-state index contributed by atoms with van der Waals surface area (Å²) >= 11 is 0. The first-order valence-electron chi connectivity index (χ1n) is 9.29. The van der Waals surface area contributed by atoms with Crippen molar-refractivity contribution < 1.29 is 13.2 Å². The van der Waals surface area contributed by atoms with Gasteiger partial charge in [0.15, 0.2) is 0 Å². The van der Waals surface area contributed by atoms with E-state index in [-0.39, 0.29) is 11.8 Å². The average Bonchev–Trinajstić information content (AvgIpc) is 2.62. The molecule has 0 atom stereocenters. The summed E-state index contributed by atoms with van der Waals surface area (Å²) in [5.41, 5.74) is 1.04. The van der Waals surface area contributed by atoms with Crippen LogP contribution >= 0.6 is 0 Å². The van der Waals surface area contributed by atoms with Gasteiger partial charge in [0.05, 0.1) is 4.90 Å². The van der Waals surface area contributed by atoms with Crippen molar-refractivity contribution in [2.24, 2.45) is 5.92 Å². The monoisotopic (exact) mass is 366 g/mol. The van der Waals surface area contributed by atoms with E-state index in [1.165, 1.54) is 17.1 Å². The second-order valence-corrected chi connectivity index (χ2v) is 8.78. The third kappa shape index (κ3) is 5.54. The van der Waals surface area contributed by atoms with E-state index in [0.717, 1.165) is 24.9 Å². The van der Waals surface area contributed by atoms with Crippen LogP contribution < -0.4 is 5.32 Å². The third-order valence-electron chi connectivity index (χ3n) is 4.81. The molecule has 1 heterocycles. The fraction of sp³-hybridized carbons (Fsp3) is 0.632. The average molecular weight is 367 g/mol. The molecule has 1 aliphatic heterocycles. The van der Waals surface area contributed by atoms with Gasteiger partial charge >= 0.3 is 0 Å². The van der Waals surface area contributed by atoms with Crippen molar-refractivity contribution in [3.63, 3.8) is 0 Å². The molecule has 2 rings (SSSR count). The fourth-order valence-corrected chi connectivity index (χ4v) is 4.60. The minimum atomic E-state index is -3.45. The van der Waals surface area contributed by atoms with Crippen LogP contribution in [-0.4, -0.2) is 38.3 Å². The number of amides is 1. The Hall–Kier alpha value is -1.40. The minimum Gasteiger partial charge on any atom is -0.356 e. The van der Waals surface area contributed by atoms with E-state index < -0.39 is 10.0 Å². The summed E-state index contributed by atoms with van der Waals surface area (Å²) in [4.78, 5) is 12.5. The summed E-state index contributed by atoms with van der Waals surface area (Å²) in [5, 5.41) is 3.00. The molecule has 0 unspecified atom stereocenters. The van der Waals surface area contributed by atoms with Crippen molar-refractivity contribution in [1.82, 2.24) is 9.62 Å². The highest BCUT2D eigenvalue weighted by molar-refractivity contribution is 7.89. The van der Waals surface area contributed by atoms with Crippen LogP contribution in [0.25, 0.3) is 0 Å². The van der Waals surface area contributed by atoms with Gasteiger partial charge in [-0.25, -0.2) is 8.42 Å². The zero-order valence-corrected chi connectivity index (χ0v) is 16.1. The Morgan fingerprint density at radius 1 is 1.12 bits per heavy atom. The molecule has 1 aromatic carbocycles. The molecule has 0 aromatic heterocycles. The second kappa shape index (κ2) is 9.34. The van der Waals surface area contributed by atoms with E-state index in [4.69, 9.17) is 0 Å². The molecule has 1 aliphatic rings. The van der Waals surface area contributed by atoms with Gasteiger partial charge in [-0.15, -0.1) is 0 Å². The minimum absolute atomic E-state index is 0.0730. The zero-order valence-electron chi connectivity index (χ0n) is 15.3. The zero-order chi connectivity index (χ0) is 18.3. The van der Waals surface area contributed by atoms with Gasteiger partial charge < -0.3 is 5.32 Å². The van der Waals surface area contributed by atoms with E-state index in [1.54, 1.807) is 12.1 Å². The molecule has 0 radical (unpaired) electrons. The number of piperidine rings is 1. The molecule has 1 saturated heterocycles. The van der Waals surface area contributed by atoms with Crippen molar-refractivity contribution in [1.29, 1.82) is 0 Å². The number of carbonyl (C=O) groups excluding carboxylic acids is 1. The van der Waals surface area contributed by atoms with Crippen molar-refractivity contribution >= 4 is 15.9 Å². The Labute approximate surface area is 151 Å². The first-order chi connectivity index (χ1) is 11.9. The van der Waals surface area contributed by atoms with E-state index >= 15 is 0 Å². The maximum Gasteiger partial charge on any atom is 0.243 e. The van der Waals surface area contributed by atoms with Gasteiger partial charge in [-0.1, -0.05) is 43.9 Å². The molecule has 0 saturated carbocycles. The van der Waals surface area contributed by atoms with Crippen LogP contribution in [0.3, 0.4) is 0 Å². The smallest absolute Gasteiger partial charge is 0.243 e. The topological polar surface area (TPSA) is 66.5 Å². The maximum absolute atomic E-state index is 12.7. The molecule has 0 bridgehead atoms. The number of benzene rings is 1. The summed E-state index contributed by atoms with van der Waals surface area (Å²) in [6.45, 7) is 5.63. The number of aryl methyl sites for hydroxylation is 1. The van der Waals surface area contributed by atoms with Gasteiger partial charge in [-0.05, 0) is 38.3 Å². The molecular formula is C19H30N2O3S. The summed E-state index contributed by atoms with van der Waals surface area (Å²) in [6, 6.07) is 6.93. The van der Waals surface area contributed by atoms with Gasteiger partial charge in [0.1, 0.15) is 0 Å². The fourth-order valence-electron chi connectivity index (χ4n) is 3.13. The second-order valence-electron chi connectivity index (χ2n) is 6.84. The van der Waals surface area contributed by atoms with Crippen LogP contribution in [0, 0.1) is 12.8 Å². The molecule has 25 heavy (non-hydrogen) atoms. The molecule has 1 amide bonds. The van der Waals surface area contributed by atoms with Crippen LogP contribution in [0.4, 0.5) is 0 Å². The van der Waals surface area contributed by atoms with Gasteiger partial charge in [-0.3, -0.25) is 4.79 Å². The predicted molar refractivity (Wildman–Crippen MR) is 99.8 cm³/mol. The lowest BCUT2D eigenvalue weighted by Crippen LogP contribution is -2.43. The highest BCUT2D eigenvalue weighted by Crippen LogP contribution is 2.24. The Morgan fingerprint density at radius 3 is 2.36 bits per heavy atom. The van der Waals surface area contributed by atoms with Crippen molar-refractivity contribution in [2.45, 2.75) is 57.3 Å². The van der Waals surface area contributed by atoms with Crippen LogP contribution in [0.2, 0.25) is 0 Å². The van der Waals surface area contributed by atoms with Crippen LogP contribution in [0.15, 0.2) is 29.2 Å². The lowest BCUT2D eigenvalue weighted by molar-refractivity contribution is -0.126. The number of carbonyl (C=O) groups is 1. The molecule has 140 valence electrons. The number of nitrogens with one attached hydrogen (secondary N) is 1. The Bertz CT molecular complexity index is 648. The number of rotatable bonds is 8. The highest BCUT2D eigenvalue weighted by Gasteiger charge is 2.31. The molecule has 0 aliphatic carbocycles. The SMILES string of the molecule is CCCCCCNC(=O)C1CCN(S(=O)(=O)c2ccc(C)cc2)CC1. The van der Waals surface area contributed by atoms with Crippen LogP contribution in [0.5, 0.6) is 0 Å². The van der Waals surface area contributed by atoms with E-state index in [1.807, 2.05) is 19.1 Å². The summed E-state index contributed by atoms with van der Waals surface area (Å²) in [6.07, 6.45) is 5.72. The van der Waals surface area contributed by atoms with Gasteiger partial charge in [0.25, 0.3) is 0 Å².